The van der Waals surface area contributed by atoms with Gasteiger partial charge in [-0.05, 0) is 50.3 Å². The monoisotopic (exact) mass is 263 g/mol. The highest BCUT2D eigenvalue weighted by atomic mass is 16.5. The van der Waals surface area contributed by atoms with E-state index in [1.165, 1.54) is 18.4 Å². The third-order valence-corrected chi connectivity index (χ3v) is 3.76. The van der Waals surface area contributed by atoms with Crippen LogP contribution in [-0.2, 0) is 6.54 Å². The zero-order chi connectivity index (χ0) is 13.7. The molecule has 0 heterocycles. The number of aliphatic hydroxyl groups excluding tert-OH is 1. The lowest BCUT2D eigenvalue weighted by Crippen LogP contribution is -2.33. The molecule has 1 aromatic carbocycles. The van der Waals surface area contributed by atoms with E-state index in [1.54, 1.807) is 0 Å². The zero-order valence-corrected chi connectivity index (χ0v) is 11.9. The Kier molecular flexibility index (Phi) is 5.23. The lowest BCUT2D eigenvalue weighted by molar-refractivity contribution is 0.205. The Bertz CT molecular complexity index is 375. The molecule has 1 aliphatic carbocycles. The van der Waals surface area contributed by atoms with Gasteiger partial charge in [0.05, 0.1) is 6.10 Å². The molecule has 1 saturated carbocycles. The average molecular weight is 263 g/mol. The average Bonchev–Trinajstić information content (AvgIpc) is 2.84. The van der Waals surface area contributed by atoms with Crippen molar-refractivity contribution in [3.8, 4) is 5.75 Å². The Labute approximate surface area is 116 Å². The van der Waals surface area contributed by atoms with Crippen molar-refractivity contribution in [2.45, 2.75) is 51.8 Å². The molecule has 3 nitrogen and oxygen atoms in total. The second kappa shape index (κ2) is 6.92. The van der Waals surface area contributed by atoms with Crippen molar-refractivity contribution < 1.29 is 9.84 Å². The molecule has 0 amide bonds. The fourth-order valence-corrected chi connectivity index (χ4v) is 2.73. The summed E-state index contributed by atoms with van der Waals surface area (Å²) in [5, 5.41) is 12.9. The van der Waals surface area contributed by atoms with Crippen molar-refractivity contribution in [1.29, 1.82) is 0 Å². The summed E-state index contributed by atoms with van der Waals surface area (Å²) in [6.07, 6.45) is 3.77. The summed E-state index contributed by atoms with van der Waals surface area (Å²) in [5.41, 5.74) is 1.26. The Balaban J connectivity index is 1.82. The van der Waals surface area contributed by atoms with Crippen LogP contribution in [0.4, 0.5) is 0 Å². The first-order valence-corrected chi connectivity index (χ1v) is 7.29. The molecule has 1 aliphatic rings. The fourth-order valence-electron chi connectivity index (χ4n) is 2.73. The topological polar surface area (TPSA) is 41.5 Å². The molecule has 0 aliphatic heterocycles. The molecule has 1 aromatic rings. The van der Waals surface area contributed by atoms with Crippen LogP contribution in [0.1, 0.15) is 38.7 Å². The van der Waals surface area contributed by atoms with Crippen molar-refractivity contribution in [2.75, 3.05) is 6.61 Å². The number of hydrogen-bond acceptors (Lipinski definition) is 3. The predicted octanol–water partition coefficient (Wildman–Crippen LogP) is 2.72. The first-order chi connectivity index (χ1) is 9.19. The maximum Gasteiger partial charge on any atom is 0.119 e. The fraction of sp³-hybridized carbons (Fsp3) is 0.625. The molecule has 0 bridgehead atoms. The number of benzene rings is 1. The van der Waals surface area contributed by atoms with Crippen LogP contribution in [-0.4, -0.2) is 23.9 Å². The van der Waals surface area contributed by atoms with Crippen molar-refractivity contribution in [1.82, 2.24) is 5.32 Å². The molecule has 0 aromatic heterocycles. The Morgan fingerprint density at radius 3 is 2.63 bits per heavy atom. The van der Waals surface area contributed by atoms with Crippen LogP contribution in [0.15, 0.2) is 24.3 Å². The Morgan fingerprint density at radius 1 is 1.26 bits per heavy atom. The Morgan fingerprint density at radius 2 is 2.00 bits per heavy atom. The van der Waals surface area contributed by atoms with Crippen molar-refractivity contribution >= 4 is 0 Å². The van der Waals surface area contributed by atoms with Crippen LogP contribution in [0.25, 0.3) is 0 Å². The maximum atomic E-state index is 9.30. The van der Waals surface area contributed by atoms with Gasteiger partial charge in [0, 0.05) is 19.2 Å². The van der Waals surface area contributed by atoms with Gasteiger partial charge in [0.2, 0.25) is 0 Å². The second-order valence-electron chi connectivity index (χ2n) is 5.67. The predicted molar refractivity (Wildman–Crippen MR) is 77.3 cm³/mol. The van der Waals surface area contributed by atoms with Gasteiger partial charge in [0.25, 0.3) is 0 Å². The smallest absolute Gasteiger partial charge is 0.119 e. The standard InChI is InChI=1S/C16H25NO2/c1-12(2)19-15-8-6-13(7-9-15)10-17-16-5-3-4-14(16)11-18/h6-9,12,14,16-18H,3-5,10-11H2,1-2H3. The molecule has 1 fully saturated rings. The molecule has 2 atom stereocenters. The van der Waals surface area contributed by atoms with Crippen LogP contribution < -0.4 is 10.1 Å². The number of aliphatic hydroxyl groups is 1. The normalized spacial score (nSPS) is 22.9. The SMILES string of the molecule is CC(C)Oc1ccc(CNC2CCCC2CO)cc1. The van der Waals surface area contributed by atoms with E-state index in [0.29, 0.717) is 18.6 Å². The molecule has 19 heavy (non-hydrogen) atoms. The molecule has 2 N–H and O–H groups in total. The van der Waals surface area contributed by atoms with Gasteiger partial charge in [-0.3, -0.25) is 0 Å². The molecule has 2 unspecified atom stereocenters. The van der Waals surface area contributed by atoms with E-state index in [9.17, 15) is 5.11 Å². The molecule has 0 saturated heterocycles. The largest absolute Gasteiger partial charge is 0.491 e. The molecule has 3 heteroatoms. The minimum absolute atomic E-state index is 0.216. The molecule has 2 rings (SSSR count). The number of rotatable bonds is 6. The van der Waals surface area contributed by atoms with Gasteiger partial charge in [-0.1, -0.05) is 18.6 Å². The number of nitrogens with one attached hydrogen (secondary N) is 1. The summed E-state index contributed by atoms with van der Waals surface area (Å²) in [5.74, 6) is 1.36. The molecular weight excluding hydrogens is 238 g/mol. The van der Waals surface area contributed by atoms with E-state index in [1.807, 2.05) is 26.0 Å². The number of hydrogen-bond donors (Lipinski definition) is 2. The lowest BCUT2D eigenvalue weighted by Gasteiger charge is -2.19. The van der Waals surface area contributed by atoms with Crippen LogP contribution >= 0.6 is 0 Å². The minimum atomic E-state index is 0.216. The summed E-state index contributed by atoms with van der Waals surface area (Å²) in [6, 6.07) is 8.72. The highest BCUT2D eigenvalue weighted by Crippen LogP contribution is 2.25. The molecule has 106 valence electrons. The van der Waals surface area contributed by atoms with Crippen LogP contribution in [0.5, 0.6) is 5.75 Å². The highest BCUT2D eigenvalue weighted by molar-refractivity contribution is 5.27. The summed E-state index contributed by atoms with van der Waals surface area (Å²) in [6.45, 7) is 5.23. The highest BCUT2D eigenvalue weighted by Gasteiger charge is 2.25. The van der Waals surface area contributed by atoms with Crippen molar-refractivity contribution in [3.05, 3.63) is 29.8 Å². The van der Waals surface area contributed by atoms with Crippen molar-refractivity contribution in [3.63, 3.8) is 0 Å². The first-order valence-electron chi connectivity index (χ1n) is 7.29. The van der Waals surface area contributed by atoms with Gasteiger partial charge >= 0.3 is 0 Å². The zero-order valence-electron chi connectivity index (χ0n) is 11.9. The molecule has 0 spiro atoms. The minimum Gasteiger partial charge on any atom is -0.491 e. The third-order valence-electron chi connectivity index (χ3n) is 3.76. The lowest BCUT2D eigenvalue weighted by atomic mass is 10.0. The van der Waals surface area contributed by atoms with E-state index >= 15 is 0 Å². The van der Waals surface area contributed by atoms with Crippen molar-refractivity contribution in [2.24, 2.45) is 5.92 Å². The second-order valence-corrected chi connectivity index (χ2v) is 5.67. The maximum absolute atomic E-state index is 9.30. The number of ether oxygens (including phenoxy) is 1. The first kappa shape index (κ1) is 14.4. The van der Waals surface area contributed by atoms with E-state index in [2.05, 4.69) is 17.4 Å². The summed E-state index contributed by atoms with van der Waals surface area (Å²) in [7, 11) is 0. The van der Waals surface area contributed by atoms with E-state index in [4.69, 9.17) is 4.74 Å². The summed E-state index contributed by atoms with van der Waals surface area (Å²) >= 11 is 0. The summed E-state index contributed by atoms with van der Waals surface area (Å²) in [4.78, 5) is 0. The van der Waals surface area contributed by atoms with Gasteiger partial charge in [0.15, 0.2) is 0 Å². The van der Waals surface area contributed by atoms with Gasteiger partial charge in [-0.15, -0.1) is 0 Å². The van der Waals surface area contributed by atoms with E-state index < -0.39 is 0 Å². The van der Waals surface area contributed by atoms with E-state index in [0.717, 1.165) is 18.7 Å². The quantitative estimate of drug-likeness (QED) is 0.829. The van der Waals surface area contributed by atoms with Gasteiger partial charge in [-0.25, -0.2) is 0 Å². The molecule has 0 radical (unpaired) electrons. The van der Waals surface area contributed by atoms with Gasteiger partial charge in [0.1, 0.15) is 5.75 Å². The van der Waals surface area contributed by atoms with Crippen LogP contribution in [0.2, 0.25) is 0 Å². The van der Waals surface area contributed by atoms with Crippen LogP contribution in [0.3, 0.4) is 0 Å². The van der Waals surface area contributed by atoms with Crippen LogP contribution in [0, 0.1) is 5.92 Å². The Hall–Kier alpha value is -1.06. The third kappa shape index (κ3) is 4.22. The summed E-state index contributed by atoms with van der Waals surface area (Å²) < 4.78 is 5.63. The molecular formula is C16H25NO2. The van der Waals surface area contributed by atoms with Gasteiger partial charge < -0.3 is 15.2 Å². The van der Waals surface area contributed by atoms with Gasteiger partial charge in [-0.2, -0.15) is 0 Å². The van der Waals surface area contributed by atoms with E-state index in [-0.39, 0.29) is 6.10 Å².